The second-order valence-electron chi connectivity index (χ2n) is 4.37. The Kier molecular flexibility index (Phi) is 5.09. The molecule has 0 aliphatic rings. The Bertz CT molecular complexity index is 588. The molecule has 0 saturated carbocycles. The molecule has 0 unspecified atom stereocenters. The van der Waals surface area contributed by atoms with Gasteiger partial charge in [0, 0.05) is 15.5 Å². The number of carbonyl (C=O) groups is 1. The standard InChI is InChI=1S/C15H16O3S2/c1-10-3-5-12(6-4-10)19-8-7-18-13-9-11(2)20-14(13)15(16)17/h3-6,9H,7-8H2,1-2H3,(H,16,17). The molecule has 5 heteroatoms. The van der Waals surface area contributed by atoms with Crippen molar-refractivity contribution in [2.75, 3.05) is 12.4 Å². The topological polar surface area (TPSA) is 46.5 Å². The van der Waals surface area contributed by atoms with Gasteiger partial charge >= 0.3 is 5.97 Å². The number of ether oxygens (including phenoxy) is 1. The van der Waals surface area contributed by atoms with E-state index in [0.29, 0.717) is 12.4 Å². The Labute approximate surface area is 126 Å². The van der Waals surface area contributed by atoms with Crippen molar-refractivity contribution in [1.82, 2.24) is 0 Å². The van der Waals surface area contributed by atoms with Gasteiger partial charge in [0.1, 0.15) is 5.75 Å². The second kappa shape index (κ2) is 6.81. The third kappa shape index (κ3) is 4.02. The number of carboxylic acids is 1. The highest BCUT2D eigenvalue weighted by Crippen LogP contribution is 2.29. The van der Waals surface area contributed by atoms with Crippen LogP contribution in [0.3, 0.4) is 0 Å². The Balaban J connectivity index is 1.84. The Hall–Kier alpha value is -1.46. The molecule has 0 saturated heterocycles. The van der Waals surface area contributed by atoms with Gasteiger partial charge in [0.15, 0.2) is 4.88 Å². The van der Waals surface area contributed by atoms with Crippen LogP contribution >= 0.6 is 23.1 Å². The van der Waals surface area contributed by atoms with Gasteiger partial charge < -0.3 is 9.84 Å². The molecule has 1 N–H and O–H groups in total. The predicted octanol–water partition coefficient (Wildman–Crippen LogP) is 4.23. The first-order chi connectivity index (χ1) is 9.56. The first kappa shape index (κ1) is 14.9. The maximum absolute atomic E-state index is 11.0. The largest absolute Gasteiger partial charge is 0.491 e. The van der Waals surface area contributed by atoms with Crippen LogP contribution < -0.4 is 4.74 Å². The number of hydrogen-bond donors (Lipinski definition) is 1. The Morgan fingerprint density at radius 1 is 1.30 bits per heavy atom. The molecule has 106 valence electrons. The number of rotatable bonds is 6. The summed E-state index contributed by atoms with van der Waals surface area (Å²) in [5.41, 5.74) is 1.24. The summed E-state index contributed by atoms with van der Waals surface area (Å²) < 4.78 is 5.57. The van der Waals surface area contributed by atoms with Crippen molar-refractivity contribution >= 4 is 29.1 Å². The SMILES string of the molecule is Cc1ccc(SCCOc2cc(C)sc2C(=O)O)cc1. The molecule has 0 aliphatic carbocycles. The minimum absolute atomic E-state index is 0.280. The van der Waals surface area contributed by atoms with Crippen LogP contribution in [0.15, 0.2) is 35.2 Å². The number of hydrogen-bond acceptors (Lipinski definition) is 4. The molecule has 1 heterocycles. The minimum Gasteiger partial charge on any atom is -0.491 e. The molecule has 1 aromatic heterocycles. The maximum atomic E-state index is 11.0. The predicted molar refractivity (Wildman–Crippen MR) is 83.4 cm³/mol. The number of aromatic carboxylic acids is 1. The van der Waals surface area contributed by atoms with Crippen LogP contribution in [0.25, 0.3) is 0 Å². The van der Waals surface area contributed by atoms with Crippen molar-refractivity contribution < 1.29 is 14.6 Å². The monoisotopic (exact) mass is 308 g/mol. The normalized spacial score (nSPS) is 10.5. The fraction of sp³-hybridized carbons (Fsp3) is 0.267. The molecule has 0 aliphatic heterocycles. The van der Waals surface area contributed by atoms with Crippen LogP contribution in [-0.4, -0.2) is 23.4 Å². The van der Waals surface area contributed by atoms with E-state index in [0.717, 1.165) is 10.6 Å². The van der Waals surface area contributed by atoms with Gasteiger partial charge in [-0.05, 0) is 32.0 Å². The van der Waals surface area contributed by atoms with Gasteiger partial charge in [-0.2, -0.15) is 0 Å². The van der Waals surface area contributed by atoms with E-state index in [9.17, 15) is 4.79 Å². The summed E-state index contributed by atoms with van der Waals surface area (Å²) in [4.78, 5) is 13.5. The summed E-state index contributed by atoms with van der Waals surface area (Å²) in [6, 6.07) is 10.1. The van der Waals surface area contributed by atoms with Gasteiger partial charge in [0.05, 0.1) is 6.61 Å². The highest BCUT2D eigenvalue weighted by atomic mass is 32.2. The van der Waals surface area contributed by atoms with Crippen LogP contribution in [0.2, 0.25) is 0 Å². The first-order valence-electron chi connectivity index (χ1n) is 6.22. The number of carboxylic acid groups (broad SMARTS) is 1. The molecule has 20 heavy (non-hydrogen) atoms. The summed E-state index contributed by atoms with van der Waals surface area (Å²) in [5.74, 6) is 0.339. The summed E-state index contributed by atoms with van der Waals surface area (Å²) in [7, 11) is 0. The number of benzene rings is 1. The molecule has 0 fully saturated rings. The molecule has 2 rings (SSSR count). The van der Waals surface area contributed by atoms with Crippen molar-refractivity contribution in [3.8, 4) is 5.75 Å². The lowest BCUT2D eigenvalue weighted by Crippen LogP contribution is -2.03. The van der Waals surface area contributed by atoms with E-state index < -0.39 is 5.97 Å². The van der Waals surface area contributed by atoms with Crippen molar-refractivity contribution in [3.05, 3.63) is 45.6 Å². The molecule has 0 amide bonds. The third-order valence-corrected chi connectivity index (χ3v) is 4.64. The van der Waals surface area contributed by atoms with E-state index in [1.807, 2.05) is 6.92 Å². The number of thioether (sulfide) groups is 1. The fourth-order valence-corrected chi connectivity index (χ4v) is 3.22. The second-order valence-corrected chi connectivity index (χ2v) is 6.79. The van der Waals surface area contributed by atoms with Gasteiger partial charge in [-0.15, -0.1) is 23.1 Å². The van der Waals surface area contributed by atoms with Gasteiger partial charge in [0.25, 0.3) is 0 Å². The molecule has 0 atom stereocenters. The van der Waals surface area contributed by atoms with Gasteiger partial charge in [-0.1, -0.05) is 17.7 Å². The molecule has 3 nitrogen and oxygen atoms in total. The van der Waals surface area contributed by atoms with Crippen LogP contribution in [0.5, 0.6) is 5.75 Å². The average Bonchev–Trinajstić information content (AvgIpc) is 2.78. The average molecular weight is 308 g/mol. The highest BCUT2D eigenvalue weighted by molar-refractivity contribution is 7.99. The summed E-state index contributed by atoms with van der Waals surface area (Å²) in [6.07, 6.45) is 0. The Morgan fingerprint density at radius 3 is 2.65 bits per heavy atom. The summed E-state index contributed by atoms with van der Waals surface area (Å²) in [6.45, 7) is 4.43. The van der Waals surface area contributed by atoms with Crippen molar-refractivity contribution in [2.45, 2.75) is 18.7 Å². The smallest absolute Gasteiger partial charge is 0.349 e. The third-order valence-electron chi connectivity index (χ3n) is 2.65. The van der Waals surface area contributed by atoms with Crippen LogP contribution in [0.1, 0.15) is 20.1 Å². The summed E-state index contributed by atoms with van der Waals surface area (Å²) >= 11 is 2.95. The quantitative estimate of drug-likeness (QED) is 0.640. The van der Waals surface area contributed by atoms with Gasteiger partial charge in [-0.25, -0.2) is 4.79 Å². The zero-order chi connectivity index (χ0) is 14.5. The molecule has 1 aromatic carbocycles. The van der Waals surface area contributed by atoms with E-state index in [4.69, 9.17) is 9.84 Å². The van der Waals surface area contributed by atoms with Gasteiger partial charge in [0.2, 0.25) is 0 Å². The van der Waals surface area contributed by atoms with Crippen LogP contribution in [0.4, 0.5) is 0 Å². The molecule has 0 bridgehead atoms. The molecule has 0 radical (unpaired) electrons. The zero-order valence-corrected chi connectivity index (χ0v) is 13.0. The van der Waals surface area contributed by atoms with Gasteiger partial charge in [-0.3, -0.25) is 0 Å². The van der Waals surface area contributed by atoms with E-state index in [1.165, 1.54) is 21.8 Å². The lowest BCUT2D eigenvalue weighted by Gasteiger charge is -2.05. The minimum atomic E-state index is -0.927. The summed E-state index contributed by atoms with van der Waals surface area (Å²) in [5, 5.41) is 9.06. The van der Waals surface area contributed by atoms with E-state index >= 15 is 0 Å². The lowest BCUT2D eigenvalue weighted by atomic mass is 10.2. The highest BCUT2D eigenvalue weighted by Gasteiger charge is 2.14. The lowest BCUT2D eigenvalue weighted by molar-refractivity contribution is 0.0698. The zero-order valence-electron chi connectivity index (χ0n) is 11.4. The van der Waals surface area contributed by atoms with Crippen molar-refractivity contribution in [2.24, 2.45) is 0 Å². The molecular weight excluding hydrogens is 292 g/mol. The van der Waals surface area contributed by atoms with Crippen molar-refractivity contribution in [3.63, 3.8) is 0 Å². The van der Waals surface area contributed by atoms with E-state index in [-0.39, 0.29) is 4.88 Å². The fourth-order valence-electron chi connectivity index (χ4n) is 1.69. The Morgan fingerprint density at radius 2 is 2.00 bits per heavy atom. The van der Waals surface area contributed by atoms with E-state index in [2.05, 4.69) is 31.2 Å². The molecule has 2 aromatic rings. The molecular formula is C15H16O3S2. The van der Waals surface area contributed by atoms with E-state index in [1.54, 1.807) is 17.8 Å². The van der Waals surface area contributed by atoms with Crippen LogP contribution in [0, 0.1) is 13.8 Å². The maximum Gasteiger partial charge on any atom is 0.349 e. The van der Waals surface area contributed by atoms with Crippen LogP contribution in [-0.2, 0) is 0 Å². The molecule has 0 spiro atoms. The number of thiophene rings is 1. The first-order valence-corrected chi connectivity index (χ1v) is 8.02. The van der Waals surface area contributed by atoms with Crippen molar-refractivity contribution in [1.29, 1.82) is 0 Å². The number of aryl methyl sites for hydroxylation is 2.